The molecule has 0 amide bonds. The normalized spacial score (nSPS) is 11.8. The van der Waals surface area contributed by atoms with E-state index in [2.05, 4.69) is 19.9 Å². The quantitative estimate of drug-likeness (QED) is 0.410. The number of rotatable bonds is 2. The summed E-state index contributed by atoms with van der Waals surface area (Å²) in [5.41, 5.74) is 3.83. The van der Waals surface area contributed by atoms with Gasteiger partial charge in [-0.05, 0) is 31.2 Å². The molecule has 9 heteroatoms. The SMILES string of the molecule is Cc1nc(-n2c3ccncc3c3cnccc32)nc(-n2c3ccncc3c3cnccc32)n1. The van der Waals surface area contributed by atoms with Crippen molar-refractivity contribution >= 4 is 43.6 Å². The van der Waals surface area contributed by atoms with Crippen LogP contribution in [0.1, 0.15) is 5.82 Å². The second-order valence-electron chi connectivity index (χ2n) is 7.72. The van der Waals surface area contributed by atoms with Crippen LogP contribution in [0.5, 0.6) is 0 Å². The van der Waals surface area contributed by atoms with Crippen LogP contribution in [0.15, 0.2) is 73.8 Å². The third-order valence-electron chi connectivity index (χ3n) is 5.86. The smallest absolute Gasteiger partial charge is 0.239 e. The van der Waals surface area contributed by atoms with Crippen molar-refractivity contribution in [3.05, 3.63) is 79.7 Å². The molecule has 9 nitrogen and oxygen atoms in total. The Labute approximate surface area is 186 Å². The lowest BCUT2D eigenvalue weighted by atomic mass is 10.2. The molecule has 7 aromatic heterocycles. The van der Waals surface area contributed by atoms with Gasteiger partial charge in [0.2, 0.25) is 11.9 Å². The third kappa shape index (κ3) is 2.50. The third-order valence-corrected chi connectivity index (χ3v) is 5.86. The highest BCUT2D eigenvalue weighted by molar-refractivity contribution is 6.09. The molecule has 0 aliphatic carbocycles. The van der Waals surface area contributed by atoms with Crippen molar-refractivity contribution < 1.29 is 0 Å². The zero-order valence-corrected chi connectivity index (χ0v) is 17.5. The van der Waals surface area contributed by atoms with E-state index in [-0.39, 0.29) is 0 Å². The van der Waals surface area contributed by atoms with Crippen LogP contribution in [0.2, 0.25) is 0 Å². The van der Waals surface area contributed by atoms with Gasteiger partial charge in [-0.3, -0.25) is 29.1 Å². The second kappa shape index (κ2) is 6.60. The van der Waals surface area contributed by atoms with Gasteiger partial charge in [-0.1, -0.05) is 0 Å². The predicted octanol–water partition coefficient (Wildman–Crippen LogP) is 3.95. The van der Waals surface area contributed by atoms with E-state index in [0.717, 1.165) is 43.6 Å². The monoisotopic (exact) mass is 429 g/mol. The molecule has 0 aliphatic heterocycles. The van der Waals surface area contributed by atoms with Gasteiger partial charge in [0.1, 0.15) is 5.82 Å². The van der Waals surface area contributed by atoms with Gasteiger partial charge < -0.3 is 0 Å². The van der Waals surface area contributed by atoms with Crippen LogP contribution in [0.25, 0.3) is 55.5 Å². The lowest BCUT2D eigenvalue weighted by molar-refractivity contribution is 0.854. The minimum Gasteiger partial charge on any atom is -0.278 e. The Morgan fingerprint density at radius 2 is 0.818 bits per heavy atom. The minimum absolute atomic E-state index is 0.535. The molecule has 33 heavy (non-hydrogen) atoms. The Kier molecular flexibility index (Phi) is 3.57. The molecule has 7 heterocycles. The molecular formula is C24H15N9. The van der Waals surface area contributed by atoms with Gasteiger partial charge >= 0.3 is 0 Å². The molecule has 0 fully saturated rings. The van der Waals surface area contributed by atoms with Gasteiger partial charge in [0.25, 0.3) is 0 Å². The van der Waals surface area contributed by atoms with E-state index in [1.165, 1.54) is 0 Å². The van der Waals surface area contributed by atoms with E-state index in [1.54, 1.807) is 24.8 Å². The Balaban J connectivity index is 1.58. The van der Waals surface area contributed by atoms with E-state index in [4.69, 9.17) is 15.0 Å². The number of aromatic nitrogens is 9. The number of fused-ring (bicyclic) bond motifs is 6. The highest BCUT2D eigenvalue weighted by Crippen LogP contribution is 2.32. The maximum absolute atomic E-state index is 4.94. The summed E-state index contributed by atoms with van der Waals surface area (Å²) >= 11 is 0. The molecule has 0 N–H and O–H groups in total. The van der Waals surface area contributed by atoms with Crippen LogP contribution in [-0.2, 0) is 0 Å². The average Bonchev–Trinajstić information content (AvgIpc) is 3.37. The molecule has 0 radical (unpaired) electrons. The number of aryl methyl sites for hydroxylation is 1. The van der Waals surface area contributed by atoms with E-state index < -0.39 is 0 Å². The van der Waals surface area contributed by atoms with Crippen molar-refractivity contribution in [2.24, 2.45) is 0 Å². The van der Waals surface area contributed by atoms with Crippen LogP contribution in [0.4, 0.5) is 0 Å². The molecule has 7 aromatic rings. The topological polar surface area (TPSA) is 100 Å². The second-order valence-corrected chi connectivity index (χ2v) is 7.72. The lowest BCUT2D eigenvalue weighted by Gasteiger charge is -2.10. The molecule has 0 saturated carbocycles. The van der Waals surface area contributed by atoms with Crippen LogP contribution < -0.4 is 0 Å². The maximum Gasteiger partial charge on any atom is 0.239 e. The standard InChI is InChI=1S/C24H15N9/c1-14-29-23(32-19-2-6-25-10-15(19)16-11-26-7-3-20(16)32)31-24(30-14)33-21-4-8-27-12-17(21)18-13-28-9-5-22(18)33/h2-13H,1H3. The summed E-state index contributed by atoms with van der Waals surface area (Å²) in [5.74, 6) is 1.69. The molecule has 156 valence electrons. The molecule has 0 atom stereocenters. The van der Waals surface area contributed by atoms with Gasteiger partial charge in [0.05, 0.1) is 22.1 Å². The lowest BCUT2D eigenvalue weighted by Crippen LogP contribution is -2.10. The number of nitrogens with zero attached hydrogens (tertiary/aromatic N) is 9. The highest BCUT2D eigenvalue weighted by Gasteiger charge is 2.19. The summed E-state index contributed by atoms with van der Waals surface area (Å²) in [6, 6.07) is 7.86. The molecular weight excluding hydrogens is 414 g/mol. The Morgan fingerprint density at radius 1 is 0.485 bits per heavy atom. The van der Waals surface area contributed by atoms with Crippen molar-refractivity contribution in [3.63, 3.8) is 0 Å². The summed E-state index contributed by atoms with van der Waals surface area (Å²) in [4.78, 5) is 31.6. The zero-order valence-electron chi connectivity index (χ0n) is 17.5. The first-order chi connectivity index (χ1) is 16.3. The molecule has 0 aromatic carbocycles. The zero-order chi connectivity index (χ0) is 21.9. The predicted molar refractivity (Wildman–Crippen MR) is 124 cm³/mol. The van der Waals surface area contributed by atoms with E-state index in [0.29, 0.717) is 17.7 Å². The fraction of sp³-hybridized carbons (Fsp3) is 0.0417. The van der Waals surface area contributed by atoms with E-state index >= 15 is 0 Å². The molecule has 0 spiro atoms. The van der Waals surface area contributed by atoms with E-state index in [1.807, 2.05) is 65.1 Å². The molecule has 0 bridgehead atoms. The Hall–Kier alpha value is -4.79. The molecule has 7 rings (SSSR count). The van der Waals surface area contributed by atoms with Crippen LogP contribution in [-0.4, -0.2) is 44.0 Å². The van der Waals surface area contributed by atoms with Crippen molar-refractivity contribution in [1.29, 1.82) is 0 Å². The molecule has 0 aliphatic rings. The minimum atomic E-state index is 0.535. The molecule has 0 unspecified atom stereocenters. The van der Waals surface area contributed by atoms with Gasteiger partial charge in [0, 0.05) is 71.1 Å². The highest BCUT2D eigenvalue weighted by atomic mass is 15.3. The fourth-order valence-corrected chi connectivity index (χ4v) is 4.50. The van der Waals surface area contributed by atoms with Gasteiger partial charge in [-0.2, -0.15) is 15.0 Å². The first-order valence-corrected chi connectivity index (χ1v) is 10.4. The van der Waals surface area contributed by atoms with Gasteiger partial charge in [-0.25, -0.2) is 0 Å². The van der Waals surface area contributed by atoms with Crippen molar-refractivity contribution in [1.82, 2.24) is 44.0 Å². The summed E-state index contributed by atoms with van der Waals surface area (Å²) < 4.78 is 4.06. The Bertz CT molecular complexity index is 1610. The van der Waals surface area contributed by atoms with Crippen LogP contribution in [0, 0.1) is 6.92 Å². The van der Waals surface area contributed by atoms with E-state index in [9.17, 15) is 0 Å². The van der Waals surface area contributed by atoms with Gasteiger partial charge in [0.15, 0.2) is 0 Å². The first-order valence-electron chi connectivity index (χ1n) is 10.4. The summed E-state index contributed by atoms with van der Waals surface area (Å²) in [5, 5.41) is 3.98. The maximum atomic E-state index is 4.94. The first kappa shape index (κ1) is 17.8. The summed E-state index contributed by atoms with van der Waals surface area (Å²) in [7, 11) is 0. The largest absolute Gasteiger partial charge is 0.278 e. The fourth-order valence-electron chi connectivity index (χ4n) is 4.50. The van der Waals surface area contributed by atoms with Crippen molar-refractivity contribution in [3.8, 4) is 11.9 Å². The van der Waals surface area contributed by atoms with Crippen LogP contribution >= 0.6 is 0 Å². The van der Waals surface area contributed by atoms with Crippen molar-refractivity contribution in [2.75, 3.05) is 0 Å². The molecule has 0 saturated heterocycles. The summed E-state index contributed by atoms with van der Waals surface area (Å²) in [6.07, 6.45) is 14.5. The summed E-state index contributed by atoms with van der Waals surface area (Å²) in [6.45, 7) is 1.88. The van der Waals surface area contributed by atoms with Gasteiger partial charge in [-0.15, -0.1) is 0 Å². The van der Waals surface area contributed by atoms with Crippen molar-refractivity contribution in [2.45, 2.75) is 6.92 Å². The number of pyridine rings is 4. The number of hydrogen-bond donors (Lipinski definition) is 0. The van der Waals surface area contributed by atoms with Crippen LogP contribution in [0.3, 0.4) is 0 Å². The number of hydrogen-bond acceptors (Lipinski definition) is 7. The average molecular weight is 429 g/mol. The Morgan fingerprint density at radius 3 is 1.15 bits per heavy atom.